The number of carbonyl (C=O) groups is 2. The number of rotatable bonds is 6. The summed E-state index contributed by atoms with van der Waals surface area (Å²) < 4.78 is 31.7. The van der Waals surface area contributed by atoms with Gasteiger partial charge < -0.3 is 20.5 Å². The lowest BCUT2D eigenvalue weighted by atomic mass is 9.63. The molecule has 7 nitrogen and oxygen atoms in total. The van der Waals surface area contributed by atoms with Crippen molar-refractivity contribution in [3.63, 3.8) is 0 Å². The predicted octanol–water partition coefficient (Wildman–Crippen LogP) is 2.49. The molecule has 0 saturated heterocycles. The zero-order valence-electron chi connectivity index (χ0n) is 16.1. The van der Waals surface area contributed by atoms with Gasteiger partial charge in [0.05, 0.1) is 22.9 Å². The van der Waals surface area contributed by atoms with Crippen LogP contribution in [0.3, 0.4) is 0 Å². The number of fused-ring (bicyclic) bond motifs is 2. The van der Waals surface area contributed by atoms with E-state index < -0.39 is 35.1 Å². The fourth-order valence-corrected chi connectivity index (χ4v) is 3.95. The quantitative estimate of drug-likeness (QED) is 0.629. The Balaban J connectivity index is 1.34. The topological polar surface area (TPSA) is 101 Å². The van der Waals surface area contributed by atoms with E-state index in [0.717, 1.165) is 23.9 Å². The summed E-state index contributed by atoms with van der Waals surface area (Å²) >= 11 is 5.60. The van der Waals surface area contributed by atoms with Gasteiger partial charge in [0.2, 0.25) is 0 Å². The highest BCUT2D eigenvalue weighted by Gasteiger charge is 2.50. The third-order valence-corrected chi connectivity index (χ3v) is 5.58. The average molecular weight is 450 g/mol. The molecule has 0 spiro atoms. The first kappa shape index (κ1) is 21.2. The molecule has 31 heavy (non-hydrogen) atoms. The van der Waals surface area contributed by atoms with Crippen LogP contribution in [-0.4, -0.2) is 40.2 Å². The Hall–Kier alpha value is -3.04. The summed E-state index contributed by atoms with van der Waals surface area (Å²) in [4.78, 5) is 28.3. The van der Waals surface area contributed by atoms with Crippen LogP contribution in [-0.2, 0) is 4.79 Å². The molecule has 162 valence electrons. The second-order valence-corrected chi connectivity index (χ2v) is 8.01. The maximum Gasteiger partial charge on any atom is 0.270 e. The van der Waals surface area contributed by atoms with E-state index >= 15 is 0 Å². The summed E-state index contributed by atoms with van der Waals surface area (Å²) in [6, 6.07) is 6.27. The molecule has 1 heterocycles. The standard InChI is InChI=1S/C21H18ClF2N3O4/c22-14-3-2-13(5-15(14)24)31-10-18(29)26-19-11-6-21(7-11,8-17(19)28)27-20(30)16-4-1-12(23)9-25-16/h1-5,9,17,28H,6-8,10H2,(H,26,29)(H,27,30). The van der Waals surface area contributed by atoms with Crippen LogP contribution in [0.1, 0.15) is 29.8 Å². The monoisotopic (exact) mass is 449 g/mol. The second kappa shape index (κ2) is 8.24. The zero-order valence-corrected chi connectivity index (χ0v) is 16.9. The SMILES string of the molecule is O=C(COc1ccc(Cl)c(F)c1)NC1=C2CC(NC(=O)c3ccc(F)cn3)(C2)CC1O. The van der Waals surface area contributed by atoms with E-state index in [1.54, 1.807) is 0 Å². The van der Waals surface area contributed by atoms with E-state index in [2.05, 4.69) is 15.6 Å². The smallest absolute Gasteiger partial charge is 0.270 e. The summed E-state index contributed by atoms with van der Waals surface area (Å²) in [6.45, 7) is -0.372. The van der Waals surface area contributed by atoms with E-state index in [9.17, 15) is 23.5 Å². The maximum atomic E-state index is 13.4. The predicted molar refractivity (Wildman–Crippen MR) is 106 cm³/mol. The number of amides is 2. The summed E-state index contributed by atoms with van der Waals surface area (Å²) in [5, 5.41) is 15.9. The van der Waals surface area contributed by atoms with Gasteiger partial charge >= 0.3 is 0 Å². The summed E-state index contributed by atoms with van der Waals surface area (Å²) in [6.07, 6.45) is 1.13. The van der Waals surface area contributed by atoms with Crippen LogP contribution >= 0.6 is 11.6 Å². The van der Waals surface area contributed by atoms with Gasteiger partial charge in [-0.1, -0.05) is 11.6 Å². The fraction of sp³-hybridized carbons (Fsp3) is 0.286. The Morgan fingerprint density at radius 3 is 2.68 bits per heavy atom. The normalized spacial score (nSPS) is 21.9. The van der Waals surface area contributed by atoms with Crippen molar-refractivity contribution < 1.29 is 28.2 Å². The van der Waals surface area contributed by atoms with Gasteiger partial charge in [-0.25, -0.2) is 13.8 Å². The van der Waals surface area contributed by atoms with Gasteiger partial charge in [-0.3, -0.25) is 9.59 Å². The highest BCUT2D eigenvalue weighted by atomic mass is 35.5. The molecule has 3 aliphatic carbocycles. The molecule has 2 bridgehead atoms. The van der Waals surface area contributed by atoms with E-state index in [1.807, 2.05) is 0 Å². The van der Waals surface area contributed by atoms with Crippen LogP contribution in [0.4, 0.5) is 8.78 Å². The number of nitrogens with one attached hydrogen (secondary N) is 2. The molecule has 5 rings (SSSR count). The molecule has 1 saturated carbocycles. The maximum absolute atomic E-state index is 13.4. The number of pyridine rings is 1. The minimum absolute atomic E-state index is 0.0511. The Kier molecular flexibility index (Phi) is 5.63. The number of aliphatic hydroxyl groups is 1. The van der Waals surface area contributed by atoms with Gasteiger partial charge in [-0.2, -0.15) is 0 Å². The molecular weight excluding hydrogens is 432 g/mol. The molecule has 0 aliphatic heterocycles. The molecule has 2 amide bonds. The largest absolute Gasteiger partial charge is 0.484 e. The first-order valence-corrected chi connectivity index (χ1v) is 9.84. The molecule has 1 aromatic heterocycles. The number of nitrogens with zero attached hydrogens (tertiary/aromatic N) is 1. The van der Waals surface area contributed by atoms with Gasteiger partial charge in [0.25, 0.3) is 11.8 Å². The van der Waals surface area contributed by atoms with E-state index in [4.69, 9.17) is 16.3 Å². The van der Waals surface area contributed by atoms with Gasteiger partial charge in [-0.05, 0) is 42.7 Å². The number of carbonyl (C=O) groups excluding carboxylic acids is 2. The lowest BCUT2D eigenvalue weighted by Crippen LogP contribution is -2.61. The van der Waals surface area contributed by atoms with Crippen LogP contribution in [0.5, 0.6) is 5.75 Å². The van der Waals surface area contributed by atoms with Crippen molar-refractivity contribution in [2.45, 2.75) is 30.9 Å². The number of hydrogen-bond donors (Lipinski definition) is 3. The van der Waals surface area contributed by atoms with Crippen molar-refractivity contribution in [3.05, 3.63) is 70.1 Å². The Bertz CT molecular complexity index is 1070. The lowest BCUT2D eigenvalue weighted by Gasteiger charge is -2.51. The van der Waals surface area contributed by atoms with Gasteiger partial charge in [0.15, 0.2) is 6.61 Å². The number of aliphatic hydroxyl groups excluding tert-OH is 1. The first-order chi connectivity index (χ1) is 14.7. The molecule has 0 radical (unpaired) electrons. The number of halogens is 3. The van der Waals surface area contributed by atoms with E-state index in [0.29, 0.717) is 18.5 Å². The summed E-state index contributed by atoms with van der Waals surface area (Å²) in [5.74, 6) is -2.00. The third kappa shape index (κ3) is 4.52. The molecule has 1 aromatic carbocycles. The Morgan fingerprint density at radius 1 is 1.26 bits per heavy atom. The molecule has 3 N–H and O–H groups in total. The van der Waals surface area contributed by atoms with Crippen LogP contribution in [0.25, 0.3) is 0 Å². The van der Waals surface area contributed by atoms with Crippen LogP contribution in [0.15, 0.2) is 47.8 Å². The van der Waals surface area contributed by atoms with Crippen molar-refractivity contribution in [1.82, 2.24) is 15.6 Å². The zero-order chi connectivity index (χ0) is 22.2. The number of ether oxygens (including phenoxy) is 1. The van der Waals surface area contributed by atoms with Crippen molar-refractivity contribution in [2.24, 2.45) is 0 Å². The number of hydrogen-bond acceptors (Lipinski definition) is 5. The fourth-order valence-electron chi connectivity index (χ4n) is 3.84. The van der Waals surface area contributed by atoms with Crippen molar-refractivity contribution in [2.75, 3.05) is 6.61 Å². The molecule has 10 heteroatoms. The summed E-state index contributed by atoms with van der Waals surface area (Å²) in [7, 11) is 0. The lowest BCUT2D eigenvalue weighted by molar-refractivity contribution is -0.123. The molecule has 2 aromatic rings. The first-order valence-electron chi connectivity index (χ1n) is 9.46. The van der Waals surface area contributed by atoms with Crippen LogP contribution in [0.2, 0.25) is 5.02 Å². The van der Waals surface area contributed by atoms with Crippen molar-refractivity contribution in [3.8, 4) is 5.75 Å². The number of benzene rings is 1. The highest BCUT2D eigenvalue weighted by molar-refractivity contribution is 6.30. The minimum atomic E-state index is -0.976. The summed E-state index contributed by atoms with van der Waals surface area (Å²) in [5.41, 5.74) is 0.662. The highest BCUT2D eigenvalue weighted by Crippen LogP contribution is 2.47. The number of aromatic nitrogens is 1. The van der Waals surface area contributed by atoms with Crippen LogP contribution in [0, 0.1) is 11.6 Å². The van der Waals surface area contributed by atoms with E-state index in [-0.39, 0.29) is 29.5 Å². The molecule has 1 unspecified atom stereocenters. The van der Waals surface area contributed by atoms with E-state index in [1.165, 1.54) is 18.2 Å². The molecule has 1 atom stereocenters. The van der Waals surface area contributed by atoms with Gasteiger partial charge in [0.1, 0.15) is 23.1 Å². The third-order valence-electron chi connectivity index (χ3n) is 5.28. The molecule has 3 aliphatic rings. The van der Waals surface area contributed by atoms with Crippen LogP contribution < -0.4 is 15.4 Å². The van der Waals surface area contributed by atoms with Gasteiger partial charge in [-0.15, -0.1) is 0 Å². The van der Waals surface area contributed by atoms with Gasteiger partial charge in [0, 0.05) is 18.2 Å². The Morgan fingerprint density at radius 2 is 2.03 bits per heavy atom. The minimum Gasteiger partial charge on any atom is -0.484 e. The molecular formula is C21H18ClF2N3O4. The second-order valence-electron chi connectivity index (χ2n) is 7.60. The van der Waals surface area contributed by atoms with Crippen molar-refractivity contribution >= 4 is 23.4 Å². The molecule has 1 fully saturated rings. The Labute approximate surface area is 181 Å². The van der Waals surface area contributed by atoms with Crippen molar-refractivity contribution in [1.29, 1.82) is 0 Å². The average Bonchev–Trinajstić information content (AvgIpc) is 2.70.